The van der Waals surface area contributed by atoms with Crippen LogP contribution in [-0.2, 0) is 19.6 Å². The number of hydrogen-bond acceptors (Lipinski definition) is 3. The van der Waals surface area contributed by atoms with Crippen molar-refractivity contribution in [1.82, 2.24) is 14.5 Å². The van der Waals surface area contributed by atoms with E-state index < -0.39 is 0 Å². The number of nitrogens with zero attached hydrogens (tertiary/aromatic N) is 2. The van der Waals surface area contributed by atoms with Gasteiger partial charge in [-0.2, -0.15) is 0 Å². The van der Waals surface area contributed by atoms with Crippen molar-refractivity contribution in [2.45, 2.75) is 26.6 Å². The number of benzene rings is 4. The van der Waals surface area contributed by atoms with Gasteiger partial charge in [-0.1, -0.05) is 83.9 Å². The lowest BCUT2D eigenvalue weighted by molar-refractivity contribution is 0.0951. The normalized spacial score (nSPS) is 11.0. The van der Waals surface area contributed by atoms with Crippen LogP contribution in [-0.4, -0.2) is 15.0 Å². The number of aryl methyl sites for hydroxylation is 1. The third kappa shape index (κ3) is 5.31. The van der Waals surface area contributed by atoms with Gasteiger partial charge in [0, 0.05) is 17.1 Å². The van der Waals surface area contributed by atoms with Gasteiger partial charge in [0.1, 0.15) is 0 Å². The number of halogens is 1. The van der Waals surface area contributed by atoms with E-state index in [4.69, 9.17) is 11.6 Å². The molecule has 1 heterocycles. The topological polar surface area (TPSA) is 73.1 Å². The fourth-order valence-electron chi connectivity index (χ4n) is 4.40. The minimum Gasteiger partial charge on any atom is -0.348 e. The molecule has 6 nitrogen and oxygen atoms in total. The van der Waals surface area contributed by atoms with Crippen LogP contribution >= 0.6 is 11.6 Å². The third-order valence-corrected chi connectivity index (χ3v) is 6.92. The van der Waals surface area contributed by atoms with E-state index in [9.17, 15) is 14.4 Å². The van der Waals surface area contributed by atoms with Crippen LogP contribution in [0.2, 0.25) is 5.02 Å². The van der Waals surface area contributed by atoms with Crippen LogP contribution in [0.25, 0.3) is 10.9 Å². The molecule has 0 radical (unpaired) electrons. The second-order valence-corrected chi connectivity index (χ2v) is 9.64. The van der Waals surface area contributed by atoms with E-state index in [1.807, 2.05) is 55.5 Å². The Bertz CT molecular complexity index is 1740. The zero-order valence-electron chi connectivity index (χ0n) is 20.9. The fourth-order valence-corrected chi connectivity index (χ4v) is 4.61. The first-order chi connectivity index (χ1) is 18.4. The van der Waals surface area contributed by atoms with Crippen molar-refractivity contribution >= 4 is 28.4 Å². The van der Waals surface area contributed by atoms with Gasteiger partial charge in [0.05, 0.1) is 24.0 Å². The van der Waals surface area contributed by atoms with Crippen molar-refractivity contribution in [3.8, 4) is 0 Å². The number of hydrogen-bond donors (Lipinski definition) is 1. The van der Waals surface area contributed by atoms with Gasteiger partial charge in [0.2, 0.25) is 0 Å². The second-order valence-electron chi connectivity index (χ2n) is 9.23. The summed E-state index contributed by atoms with van der Waals surface area (Å²) in [6.07, 6.45) is 0. The molecule has 0 unspecified atom stereocenters. The highest BCUT2D eigenvalue weighted by molar-refractivity contribution is 6.31. The van der Waals surface area contributed by atoms with Crippen LogP contribution in [0.1, 0.15) is 32.6 Å². The summed E-state index contributed by atoms with van der Waals surface area (Å²) in [5.41, 5.74) is 4.04. The number of nitrogens with one attached hydrogen (secondary N) is 1. The zero-order valence-corrected chi connectivity index (χ0v) is 21.6. The molecule has 0 saturated carbocycles. The zero-order chi connectivity index (χ0) is 26.6. The van der Waals surface area contributed by atoms with Crippen LogP contribution in [0.5, 0.6) is 0 Å². The Kier molecular flexibility index (Phi) is 7.24. The maximum atomic E-state index is 13.6. The molecule has 1 amide bonds. The predicted molar refractivity (Wildman–Crippen MR) is 151 cm³/mol. The molecule has 38 heavy (non-hydrogen) atoms. The molecule has 0 atom stereocenters. The SMILES string of the molecule is Cc1ccc(Cn2c(=O)n(Cc3ccc(C(=O)NCc4ccccc4Cl)cc3)c(=O)c3ccccc32)cc1. The average molecular weight is 524 g/mol. The Morgan fingerprint density at radius 2 is 1.37 bits per heavy atom. The maximum Gasteiger partial charge on any atom is 0.332 e. The number of fused-ring (bicyclic) bond motifs is 1. The second kappa shape index (κ2) is 10.9. The Morgan fingerprint density at radius 1 is 0.763 bits per heavy atom. The van der Waals surface area contributed by atoms with Crippen LogP contribution in [0.4, 0.5) is 0 Å². The van der Waals surface area contributed by atoms with Gasteiger partial charge in [-0.3, -0.25) is 18.7 Å². The summed E-state index contributed by atoms with van der Waals surface area (Å²) >= 11 is 6.17. The largest absolute Gasteiger partial charge is 0.348 e. The summed E-state index contributed by atoms with van der Waals surface area (Å²) in [7, 11) is 0. The summed E-state index contributed by atoms with van der Waals surface area (Å²) in [5.74, 6) is -0.236. The minimum absolute atomic E-state index is 0.0952. The Balaban J connectivity index is 1.41. The van der Waals surface area contributed by atoms with E-state index in [-0.39, 0.29) is 23.7 Å². The third-order valence-electron chi connectivity index (χ3n) is 6.55. The molecule has 190 valence electrons. The summed E-state index contributed by atoms with van der Waals surface area (Å²) in [5, 5.41) is 3.94. The molecule has 7 heteroatoms. The molecule has 1 aromatic heterocycles. The van der Waals surface area contributed by atoms with Gasteiger partial charge in [-0.15, -0.1) is 0 Å². The molecule has 0 aliphatic carbocycles. The Morgan fingerprint density at radius 3 is 2.08 bits per heavy atom. The first kappa shape index (κ1) is 25.2. The highest BCUT2D eigenvalue weighted by atomic mass is 35.5. The molecule has 0 spiro atoms. The van der Waals surface area contributed by atoms with Crippen LogP contribution in [0.3, 0.4) is 0 Å². The molecule has 0 fully saturated rings. The van der Waals surface area contributed by atoms with E-state index in [0.717, 1.165) is 22.3 Å². The molecule has 4 aromatic carbocycles. The Labute approximate surface area is 224 Å². The first-order valence-corrected chi connectivity index (χ1v) is 12.7. The number of rotatable bonds is 7. The molecule has 1 N–H and O–H groups in total. The number of aromatic nitrogens is 2. The molecule has 0 aliphatic rings. The average Bonchev–Trinajstić information content (AvgIpc) is 2.94. The minimum atomic E-state index is -0.379. The summed E-state index contributed by atoms with van der Waals surface area (Å²) in [4.78, 5) is 39.5. The number of amides is 1. The Hall–Kier alpha value is -4.42. The van der Waals surface area contributed by atoms with Gasteiger partial charge in [-0.25, -0.2) is 4.79 Å². The highest BCUT2D eigenvalue weighted by Gasteiger charge is 2.14. The van der Waals surface area contributed by atoms with Crippen molar-refractivity contribution in [2.75, 3.05) is 0 Å². The molecule has 0 bridgehead atoms. The molecular weight excluding hydrogens is 498 g/mol. The van der Waals surface area contributed by atoms with Crippen molar-refractivity contribution in [3.63, 3.8) is 0 Å². The maximum absolute atomic E-state index is 13.6. The predicted octanol–water partition coefficient (Wildman–Crippen LogP) is 5.15. The summed E-state index contributed by atoms with van der Waals surface area (Å²) in [6, 6.07) is 29.4. The molecule has 0 aliphatic heterocycles. The number of carbonyl (C=O) groups is 1. The van der Waals surface area contributed by atoms with Gasteiger partial charge in [-0.05, 0) is 53.9 Å². The quantitative estimate of drug-likeness (QED) is 0.320. The van der Waals surface area contributed by atoms with E-state index in [2.05, 4.69) is 5.32 Å². The smallest absolute Gasteiger partial charge is 0.332 e. The van der Waals surface area contributed by atoms with Crippen molar-refractivity contribution in [3.05, 3.63) is 151 Å². The lowest BCUT2D eigenvalue weighted by atomic mass is 10.1. The van der Waals surface area contributed by atoms with Crippen molar-refractivity contribution in [2.24, 2.45) is 0 Å². The van der Waals surface area contributed by atoms with E-state index >= 15 is 0 Å². The van der Waals surface area contributed by atoms with E-state index in [1.54, 1.807) is 53.1 Å². The molecule has 5 aromatic rings. The van der Waals surface area contributed by atoms with Gasteiger partial charge in [0.25, 0.3) is 11.5 Å². The van der Waals surface area contributed by atoms with Crippen molar-refractivity contribution in [1.29, 1.82) is 0 Å². The number of carbonyl (C=O) groups excluding carboxylic acids is 1. The number of para-hydroxylation sites is 1. The van der Waals surface area contributed by atoms with Crippen LogP contribution < -0.4 is 16.6 Å². The van der Waals surface area contributed by atoms with Crippen molar-refractivity contribution < 1.29 is 4.79 Å². The highest BCUT2D eigenvalue weighted by Crippen LogP contribution is 2.15. The van der Waals surface area contributed by atoms with Crippen LogP contribution in [0, 0.1) is 6.92 Å². The first-order valence-electron chi connectivity index (χ1n) is 12.3. The summed E-state index contributed by atoms with van der Waals surface area (Å²) < 4.78 is 2.89. The summed E-state index contributed by atoms with van der Waals surface area (Å²) in [6.45, 7) is 2.77. The van der Waals surface area contributed by atoms with Gasteiger partial charge < -0.3 is 5.32 Å². The molecule has 0 saturated heterocycles. The lowest BCUT2D eigenvalue weighted by Gasteiger charge is -2.15. The van der Waals surface area contributed by atoms with E-state index in [1.165, 1.54) is 4.57 Å². The van der Waals surface area contributed by atoms with Gasteiger partial charge >= 0.3 is 5.69 Å². The molecule has 5 rings (SSSR count). The standard InChI is InChI=1S/C31H26ClN3O3/c1-21-10-12-22(13-11-21)19-34-28-9-5-3-7-26(28)30(37)35(31(34)38)20-23-14-16-24(17-15-23)29(36)33-18-25-6-2-4-8-27(25)32/h2-17H,18-20H2,1H3,(H,33,36). The lowest BCUT2D eigenvalue weighted by Crippen LogP contribution is -2.40. The van der Waals surface area contributed by atoms with E-state index in [0.29, 0.717) is 34.6 Å². The molecular formula is C31H26ClN3O3. The van der Waals surface area contributed by atoms with Gasteiger partial charge in [0.15, 0.2) is 0 Å². The van der Waals surface area contributed by atoms with Crippen LogP contribution in [0.15, 0.2) is 107 Å². The fraction of sp³-hybridized carbons (Fsp3) is 0.129. The monoisotopic (exact) mass is 523 g/mol.